The molecule has 1 nitrogen and oxygen atoms in total. The summed E-state index contributed by atoms with van der Waals surface area (Å²) in [5.74, 6) is 0.896. The molecular formula is C11H23N. The second-order valence-corrected chi connectivity index (χ2v) is 4.41. The molecule has 0 amide bonds. The van der Waals surface area contributed by atoms with Crippen LogP contribution < -0.4 is 5.32 Å². The Hall–Kier alpha value is -0.0400. The molecule has 1 unspecified atom stereocenters. The minimum absolute atomic E-state index is 0.642. The van der Waals surface area contributed by atoms with Crippen molar-refractivity contribution >= 4 is 0 Å². The molecule has 1 heteroatoms. The highest BCUT2D eigenvalue weighted by atomic mass is 14.8. The standard InChI is InChI=1S/C11H23N/c1-4-10(2)11(9-12-3)7-5-6-8-11/h10,12H,4-9H2,1-3H3. The van der Waals surface area contributed by atoms with Crippen molar-refractivity contribution in [3.8, 4) is 0 Å². The summed E-state index contributed by atoms with van der Waals surface area (Å²) >= 11 is 0. The van der Waals surface area contributed by atoms with Gasteiger partial charge in [-0.1, -0.05) is 33.1 Å². The van der Waals surface area contributed by atoms with Gasteiger partial charge in [-0.15, -0.1) is 0 Å². The van der Waals surface area contributed by atoms with E-state index < -0.39 is 0 Å². The topological polar surface area (TPSA) is 12.0 Å². The number of hydrogen-bond acceptors (Lipinski definition) is 1. The molecule has 0 aromatic carbocycles. The molecule has 1 fully saturated rings. The van der Waals surface area contributed by atoms with E-state index in [2.05, 4.69) is 26.2 Å². The van der Waals surface area contributed by atoms with E-state index in [0.29, 0.717) is 5.41 Å². The van der Waals surface area contributed by atoms with Crippen molar-refractivity contribution in [2.24, 2.45) is 11.3 Å². The van der Waals surface area contributed by atoms with E-state index in [-0.39, 0.29) is 0 Å². The van der Waals surface area contributed by atoms with E-state index in [1.165, 1.54) is 38.6 Å². The Morgan fingerprint density at radius 2 is 1.92 bits per heavy atom. The van der Waals surface area contributed by atoms with Crippen LogP contribution in [0.4, 0.5) is 0 Å². The first-order chi connectivity index (χ1) is 5.75. The molecule has 0 saturated heterocycles. The second-order valence-electron chi connectivity index (χ2n) is 4.41. The molecule has 0 aliphatic heterocycles. The van der Waals surface area contributed by atoms with Gasteiger partial charge in [0.15, 0.2) is 0 Å². The zero-order chi connectivity index (χ0) is 9.03. The highest BCUT2D eigenvalue weighted by Gasteiger charge is 2.37. The lowest BCUT2D eigenvalue weighted by Gasteiger charge is -2.35. The van der Waals surface area contributed by atoms with Crippen LogP contribution in [0.2, 0.25) is 0 Å². The van der Waals surface area contributed by atoms with E-state index in [1.54, 1.807) is 0 Å². The van der Waals surface area contributed by atoms with E-state index in [9.17, 15) is 0 Å². The Bertz CT molecular complexity index is 125. The Kier molecular flexibility index (Phi) is 3.57. The van der Waals surface area contributed by atoms with Crippen LogP contribution in [0.3, 0.4) is 0 Å². The predicted octanol–water partition coefficient (Wildman–Crippen LogP) is 2.81. The summed E-state index contributed by atoms with van der Waals surface area (Å²) < 4.78 is 0. The fraction of sp³-hybridized carbons (Fsp3) is 1.00. The molecule has 0 spiro atoms. The SMILES string of the molecule is CCC(C)C1(CNC)CCCC1. The van der Waals surface area contributed by atoms with Crippen LogP contribution in [-0.4, -0.2) is 13.6 Å². The smallest absolute Gasteiger partial charge is 0.000735 e. The molecule has 0 bridgehead atoms. The van der Waals surface area contributed by atoms with Crippen molar-refractivity contribution in [3.05, 3.63) is 0 Å². The molecule has 0 heterocycles. The molecule has 1 N–H and O–H groups in total. The first-order valence-corrected chi connectivity index (χ1v) is 5.40. The molecule has 1 saturated carbocycles. The lowest BCUT2D eigenvalue weighted by atomic mass is 9.73. The zero-order valence-corrected chi connectivity index (χ0v) is 8.82. The normalized spacial score (nSPS) is 24.2. The van der Waals surface area contributed by atoms with Gasteiger partial charge in [-0.3, -0.25) is 0 Å². The fourth-order valence-electron chi connectivity index (χ4n) is 2.71. The third-order valence-corrected chi connectivity index (χ3v) is 3.79. The van der Waals surface area contributed by atoms with Crippen molar-refractivity contribution < 1.29 is 0 Å². The summed E-state index contributed by atoms with van der Waals surface area (Å²) in [6.45, 7) is 5.96. The zero-order valence-electron chi connectivity index (χ0n) is 8.82. The van der Waals surface area contributed by atoms with Crippen LogP contribution in [0.1, 0.15) is 46.0 Å². The van der Waals surface area contributed by atoms with Crippen LogP contribution in [0.5, 0.6) is 0 Å². The van der Waals surface area contributed by atoms with E-state index in [4.69, 9.17) is 0 Å². The number of hydrogen-bond donors (Lipinski definition) is 1. The Balaban J connectivity index is 2.57. The van der Waals surface area contributed by atoms with E-state index in [1.807, 2.05) is 0 Å². The maximum atomic E-state index is 3.37. The molecule has 0 aromatic heterocycles. The molecule has 72 valence electrons. The van der Waals surface area contributed by atoms with Gasteiger partial charge < -0.3 is 5.32 Å². The third-order valence-electron chi connectivity index (χ3n) is 3.79. The van der Waals surface area contributed by atoms with Crippen molar-refractivity contribution in [2.45, 2.75) is 46.0 Å². The maximum absolute atomic E-state index is 3.37. The van der Waals surface area contributed by atoms with Gasteiger partial charge in [-0.25, -0.2) is 0 Å². The fourth-order valence-corrected chi connectivity index (χ4v) is 2.71. The van der Waals surface area contributed by atoms with Crippen LogP contribution in [0.25, 0.3) is 0 Å². The lowest BCUT2D eigenvalue weighted by molar-refractivity contribution is 0.174. The van der Waals surface area contributed by atoms with Crippen molar-refractivity contribution in [1.29, 1.82) is 0 Å². The van der Waals surface area contributed by atoms with Gasteiger partial charge in [-0.05, 0) is 31.2 Å². The monoisotopic (exact) mass is 169 g/mol. The van der Waals surface area contributed by atoms with Gasteiger partial charge in [0.05, 0.1) is 0 Å². The highest BCUT2D eigenvalue weighted by Crippen LogP contribution is 2.44. The summed E-state index contributed by atoms with van der Waals surface area (Å²) in [5, 5.41) is 3.37. The average Bonchev–Trinajstić information content (AvgIpc) is 2.53. The molecule has 1 atom stereocenters. The van der Waals surface area contributed by atoms with Crippen molar-refractivity contribution in [1.82, 2.24) is 5.32 Å². The van der Waals surface area contributed by atoms with Crippen LogP contribution in [0.15, 0.2) is 0 Å². The second kappa shape index (κ2) is 4.27. The number of rotatable bonds is 4. The molecule has 1 rings (SSSR count). The van der Waals surface area contributed by atoms with Gasteiger partial charge in [0.2, 0.25) is 0 Å². The van der Waals surface area contributed by atoms with E-state index >= 15 is 0 Å². The minimum atomic E-state index is 0.642. The summed E-state index contributed by atoms with van der Waals surface area (Å²) in [6, 6.07) is 0. The molecule has 12 heavy (non-hydrogen) atoms. The first kappa shape index (κ1) is 10.0. The van der Waals surface area contributed by atoms with Gasteiger partial charge in [-0.2, -0.15) is 0 Å². The number of nitrogens with one attached hydrogen (secondary N) is 1. The van der Waals surface area contributed by atoms with Crippen LogP contribution in [0, 0.1) is 11.3 Å². The lowest BCUT2D eigenvalue weighted by Crippen LogP contribution is -2.35. The molecule has 0 radical (unpaired) electrons. The third kappa shape index (κ3) is 1.82. The maximum Gasteiger partial charge on any atom is 0.000735 e. The Labute approximate surface area is 76.9 Å². The van der Waals surface area contributed by atoms with Gasteiger partial charge in [0, 0.05) is 6.54 Å². The Morgan fingerprint density at radius 1 is 1.33 bits per heavy atom. The van der Waals surface area contributed by atoms with Gasteiger partial charge in [0.25, 0.3) is 0 Å². The molecule has 1 aliphatic rings. The van der Waals surface area contributed by atoms with Crippen LogP contribution in [-0.2, 0) is 0 Å². The molecule has 1 aliphatic carbocycles. The van der Waals surface area contributed by atoms with Crippen molar-refractivity contribution in [3.63, 3.8) is 0 Å². The molecular weight excluding hydrogens is 146 g/mol. The first-order valence-electron chi connectivity index (χ1n) is 5.40. The van der Waals surface area contributed by atoms with Gasteiger partial charge >= 0.3 is 0 Å². The summed E-state index contributed by atoms with van der Waals surface area (Å²) in [4.78, 5) is 0. The summed E-state index contributed by atoms with van der Waals surface area (Å²) in [6.07, 6.45) is 7.13. The van der Waals surface area contributed by atoms with Crippen LogP contribution >= 0.6 is 0 Å². The molecule has 0 aromatic rings. The summed E-state index contributed by atoms with van der Waals surface area (Å²) in [5.41, 5.74) is 0.642. The highest BCUT2D eigenvalue weighted by molar-refractivity contribution is 4.89. The average molecular weight is 169 g/mol. The van der Waals surface area contributed by atoms with Crippen molar-refractivity contribution in [2.75, 3.05) is 13.6 Å². The predicted molar refractivity (Wildman–Crippen MR) is 54.3 cm³/mol. The van der Waals surface area contributed by atoms with E-state index in [0.717, 1.165) is 5.92 Å². The summed E-state index contributed by atoms with van der Waals surface area (Å²) in [7, 11) is 2.09. The van der Waals surface area contributed by atoms with Gasteiger partial charge in [0.1, 0.15) is 0 Å². The minimum Gasteiger partial charge on any atom is -0.319 e. The Morgan fingerprint density at radius 3 is 2.33 bits per heavy atom. The quantitative estimate of drug-likeness (QED) is 0.682. The largest absolute Gasteiger partial charge is 0.319 e.